The van der Waals surface area contributed by atoms with Crippen molar-refractivity contribution in [3.8, 4) is 17.0 Å². The van der Waals surface area contributed by atoms with Gasteiger partial charge in [-0.05, 0) is 36.2 Å². The van der Waals surface area contributed by atoms with E-state index in [0.717, 1.165) is 45.7 Å². The number of ether oxygens (including phenoxy) is 1. The molecule has 3 aromatic rings. The summed E-state index contributed by atoms with van der Waals surface area (Å²) in [6.07, 6.45) is 2.75. The SMILES string of the molecule is COc1cccc(C2CC(C(=O)Nc3ccc(-c4cn5c(n4)SCC5)cc3)NN2)c1. The second kappa shape index (κ2) is 8.14. The first-order valence-electron chi connectivity index (χ1n) is 9.96. The number of hydrogen-bond acceptors (Lipinski definition) is 6. The van der Waals surface area contributed by atoms with E-state index >= 15 is 0 Å². The van der Waals surface area contributed by atoms with E-state index in [0.29, 0.717) is 6.42 Å². The third kappa shape index (κ3) is 3.81. The number of aromatic nitrogens is 2. The summed E-state index contributed by atoms with van der Waals surface area (Å²) < 4.78 is 7.48. The van der Waals surface area contributed by atoms with Crippen molar-refractivity contribution in [1.29, 1.82) is 0 Å². The first-order chi connectivity index (χ1) is 14.7. The Labute approximate surface area is 179 Å². The van der Waals surface area contributed by atoms with E-state index in [1.54, 1.807) is 18.9 Å². The number of carbonyl (C=O) groups is 1. The van der Waals surface area contributed by atoms with Crippen LogP contribution in [0, 0.1) is 0 Å². The molecule has 0 aliphatic carbocycles. The van der Waals surface area contributed by atoms with Crippen molar-refractivity contribution in [3.05, 3.63) is 60.3 Å². The van der Waals surface area contributed by atoms with Crippen molar-refractivity contribution in [2.24, 2.45) is 0 Å². The Morgan fingerprint density at radius 3 is 2.90 bits per heavy atom. The molecule has 2 aromatic carbocycles. The van der Waals surface area contributed by atoms with Crippen LogP contribution in [0.5, 0.6) is 5.75 Å². The highest BCUT2D eigenvalue weighted by Crippen LogP contribution is 2.30. The Morgan fingerprint density at radius 1 is 1.23 bits per heavy atom. The normalized spacial score (nSPS) is 20.2. The van der Waals surface area contributed by atoms with E-state index in [1.807, 2.05) is 48.5 Å². The van der Waals surface area contributed by atoms with Gasteiger partial charge in [0.1, 0.15) is 11.8 Å². The van der Waals surface area contributed by atoms with Gasteiger partial charge in [-0.1, -0.05) is 36.0 Å². The molecule has 3 N–H and O–H groups in total. The van der Waals surface area contributed by atoms with Crippen LogP contribution in [-0.4, -0.2) is 34.4 Å². The maximum Gasteiger partial charge on any atom is 0.242 e. The van der Waals surface area contributed by atoms with E-state index in [2.05, 4.69) is 31.9 Å². The van der Waals surface area contributed by atoms with E-state index in [1.165, 1.54) is 0 Å². The van der Waals surface area contributed by atoms with Crippen molar-refractivity contribution < 1.29 is 9.53 Å². The molecule has 2 aliphatic heterocycles. The smallest absolute Gasteiger partial charge is 0.242 e. The molecule has 3 heterocycles. The molecule has 5 rings (SSSR count). The van der Waals surface area contributed by atoms with Crippen LogP contribution in [0.25, 0.3) is 11.3 Å². The van der Waals surface area contributed by atoms with Gasteiger partial charge >= 0.3 is 0 Å². The van der Waals surface area contributed by atoms with Gasteiger partial charge in [0.25, 0.3) is 0 Å². The number of fused-ring (bicyclic) bond motifs is 1. The number of imidazole rings is 1. The lowest BCUT2D eigenvalue weighted by atomic mass is 10.0. The maximum atomic E-state index is 12.7. The molecular weight excluding hydrogens is 398 g/mol. The lowest BCUT2D eigenvalue weighted by Crippen LogP contribution is -2.39. The number of nitrogens with one attached hydrogen (secondary N) is 3. The highest BCUT2D eigenvalue weighted by Gasteiger charge is 2.30. The van der Waals surface area contributed by atoms with Gasteiger partial charge in [0.05, 0.1) is 12.8 Å². The minimum Gasteiger partial charge on any atom is -0.497 e. The Morgan fingerprint density at radius 2 is 2.10 bits per heavy atom. The van der Waals surface area contributed by atoms with Gasteiger partial charge in [-0.25, -0.2) is 15.8 Å². The molecule has 2 atom stereocenters. The van der Waals surface area contributed by atoms with Crippen molar-refractivity contribution in [2.75, 3.05) is 18.2 Å². The third-order valence-electron chi connectivity index (χ3n) is 5.47. The fraction of sp³-hybridized carbons (Fsp3) is 0.273. The van der Waals surface area contributed by atoms with Crippen molar-refractivity contribution >= 4 is 23.4 Å². The predicted octanol–water partition coefficient (Wildman–Crippen LogP) is 3.21. The van der Waals surface area contributed by atoms with Gasteiger partial charge in [0.15, 0.2) is 5.16 Å². The minimum atomic E-state index is -0.311. The number of amides is 1. The zero-order chi connectivity index (χ0) is 20.5. The van der Waals surface area contributed by atoms with Gasteiger partial charge in [-0.2, -0.15) is 0 Å². The highest BCUT2D eigenvalue weighted by atomic mass is 32.2. The van der Waals surface area contributed by atoms with E-state index in [-0.39, 0.29) is 18.0 Å². The molecule has 8 heteroatoms. The topological polar surface area (TPSA) is 80.2 Å². The Hall–Kier alpha value is -2.81. The number of nitrogens with zero attached hydrogens (tertiary/aromatic N) is 2. The van der Waals surface area contributed by atoms with Gasteiger partial charge in [-0.15, -0.1) is 0 Å². The van der Waals surface area contributed by atoms with Crippen molar-refractivity contribution in [1.82, 2.24) is 20.4 Å². The Balaban J connectivity index is 1.21. The molecule has 0 radical (unpaired) electrons. The number of thioether (sulfide) groups is 1. The molecule has 0 bridgehead atoms. The molecule has 1 amide bonds. The summed E-state index contributed by atoms with van der Waals surface area (Å²) in [5.74, 6) is 1.85. The molecule has 1 saturated heterocycles. The van der Waals surface area contributed by atoms with Crippen molar-refractivity contribution in [2.45, 2.75) is 30.2 Å². The fourth-order valence-corrected chi connectivity index (χ4v) is 4.75. The zero-order valence-corrected chi connectivity index (χ0v) is 17.4. The standard InChI is InChI=1S/C22H23N5O2S/c1-29-17-4-2-3-15(11-17)18-12-19(26-25-18)21(28)23-16-7-5-14(6-8-16)20-13-27-9-10-30-22(27)24-20/h2-8,11,13,18-19,25-26H,9-10,12H2,1H3,(H,23,28). The van der Waals surface area contributed by atoms with Gasteiger partial charge in [0, 0.05) is 35.8 Å². The summed E-state index contributed by atoms with van der Waals surface area (Å²) in [5.41, 5.74) is 10.2. The lowest BCUT2D eigenvalue weighted by molar-refractivity contribution is -0.117. The molecule has 2 unspecified atom stereocenters. The minimum absolute atomic E-state index is 0.0546. The van der Waals surface area contributed by atoms with Crippen molar-refractivity contribution in [3.63, 3.8) is 0 Å². The van der Waals surface area contributed by atoms with Crippen LogP contribution in [0.3, 0.4) is 0 Å². The van der Waals surface area contributed by atoms with Crippen LogP contribution in [0.15, 0.2) is 59.9 Å². The monoisotopic (exact) mass is 421 g/mol. The number of methoxy groups -OCH3 is 1. The van der Waals surface area contributed by atoms with Gasteiger partial charge in [-0.3, -0.25) is 4.79 Å². The number of benzene rings is 2. The summed E-state index contributed by atoms with van der Waals surface area (Å²) in [4.78, 5) is 17.4. The molecule has 154 valence electrons. The second-order valence-electron chi connectivity index (χ2n) is 7.42. The van der Waals surface area contributed by atoms with Gasteiger partial charge in [0.2, 0.25) is 5.91 Å². The third-order valence-corrected chi connectivity index (χ3v) is 6.44. The first-order valence-corrected chi connectivity index (χ1v) is 10.9. The Kier molecular flexibility index (Phi) is 5.20. The summed E-state index contributed by atoms with van der Waals surface area (Å²) in [6, 6.07) is 15.5. The lowest BCUT2D eigenvalue weighted by Gasteiger charge is -2.12. The number of rotatable bonds is 5. The molecule has 7 nitrogen and oxygen atoms in total. The number of hydrogen-bond donors (Lipinski definition) is 3. The molecule has 0 spiro atoms. The highest BCUT2D eigenvalue weighted by molar-refractivity contribution is 7.99. The van der Waals surface area contributed by atoms with Crippen LogP contribution in [0.2, 0.25) is 0 Å². The fourth-order valence-electron chi connectivity index (χ4n) is 3.81. The van der Waals surface area contributed by atoms with E-state index < -0.39 is 0 Å². The van der Waals surface area contributed by atoms with E-state index in [4.69, 9.17) is 4.74 Å². The maximum absolute atomic E-state index is 12.7. The summed E-state index contributed by atoms with van der Waals surface area (Å²) in [6.45, 7) is 1.01. The second-order valence-corrected chi connectivity index (χ2v) is 8.49. The average molecular weight is 422 g/mol. The van der Waals surface area contributed by atoms with Gasteiger partial charge < -0.3 is 14.6 Å². The number of aryl methyl sites for hydroxylation is 1. The van der Waals surface area contributed by atoms with Crippen LogP contribution in [0.1, 0.15) is 18.0 Å². The van der Waals surface area contributed by atoms with Crippen LogP contribution < -0.4 is 20.9 Å². The number of hydrazine groups is 1. The molecule has 30 heavy (non-hydrogen) atoms. The van der Waals surface area contributed by atoms with Crippen LogP contribution in [0.4, 0.5) is 5.69 Å². The first kappa shape index (κ1) is 19.2. The molecule has 2 aliphatic rings. The molecular formula is C22H23N5O2S. The Bertz CT molecular complexity index is 1040. The largest absolute Gasteiger partial charge is 0.497 e. The number of carbonyl (C=O) groups excluding carboxylic acids is 1. The summed E-state index contributed by atoms with van der Waals surface area (Å²) in [5, 5.41) is 4.08. The molecule has 0 saturated carbocycles. The predicted molar refractivity (Wildman–Crippen MR) is 117 cm³/mol. The molecule has 1 fully saturated rings. The summed E-state index contributed by atoms with van der Waals surface area (Å²) >= 11 is 1.78. The van der Waals surface area contributed by atoms with E-state index in [9.17, 15) is 4.79 Å². The number of anilines is 1. The summed E-state index contributed by atoms with van der Waals surface area (Å²) in [7, 11) is 1.65. The molecule has 1 aromatic heterocycles. The average Bonchev–Trinajstić information content (AvgIpc) is 3.50. The zero-order valence-electron chi connectivity index (χ0n) is 16.6. The van der Waals surface area contributed by atoms with Crippen LogP contribution in [-0.2, 0) is 11.3 Å². The quantitative estimate of drug-likeness (QED) is 0.587. The van der Waals surface area contributed by atoms with Crippen LogP contribution >= 0.6 is 11.8 Å².